The fraction of sp³-hybridized carbons (Fsp3) is 0.480. The second-order valence-corrected chi connectivity index (χ2v) is 11.5. The second kappa shape index (κ2) is 10.1. The van der Waals surface area contributed by atoms with Crippen LogP contribution in [0.25, 0.3) is 16.7 Å². The topological polar surface area (TPSA) is 112 Å². The maximum absolute atomic E-state index is 11.7. The first-order valence-corrected chi connectivity index (χ1v) is 14.3. The van der Waals surface area contributed by atoms with E-state index in [0.717, 1.165) is 68.6 Å². The van der Waals surface area contributed by atoms with Gasteiger partial charge in [0.05, 0.1) is 11.8 Å². The minimum absolute atomic E-state index is 0.00354. The Hall–Kier alpha value is -3.18. The molecular formula is C25H33N7O3S. The average molecular weight is 512 g/mol. The van der Waals surface area contributed by atoms with Crippen LogP contribution < -0.4 is 14.9 Å². The molecule has 192 valence electrons. The van der Waals surface area contributed by atoms with Crippen molar-refractivity contribution >= 4 is 38.5 Å². The quantitative estimate of drug-likeness (QED) is 0.522. The zero-order valence-corrected chi connectivity index (χ0v) is 21.5. The van der Waals surface area contributed by atoms with Gasteiger partial charge in [-0.1, -0.05) is 6.07 Å². The lowest BCUT2D eigenvalue weighted by Crippen LogP contribution is -2.48. The number of hydrogen-bond donors (Lipinski definition) is 2. The van der Waals surface area contributed by atoms with Crippen molar-refractivity contribution in [3.63, 3.8) is 0 Å². The van der Waals surface area contributed by atoms with Crippen LogP contribution in [-0.2, 0) is 14.8 Å². The molecule has 3 heterocycles. The molecule has 0 unspecified atom stereocenters. The Morgan fingerprint density at radius 3 is 2.42 bits per heavy atom. The second-order valence-electron chi connectivity index (χ2n) is 9.71. The number of amides is 1. The van der Waals surface area contributed by atoms with Crippen LogP contribution in [-0.4, -0.2) is 78.3 Å². The van der Waals surface area contributed by atoms with Crippen LogP contribution in [0.3, 0.4) is 0 Å². The van der Waals surface area contributed by atoms with Gasteiger partial charge in [0, 0.05) is 68.7 Å². The van der Waals surface area contributed by atoms with Gasteiger partial charge in [0.15, 0.2) is 0 Å². The molecule has 0 atom stereocenters. The number of nitrogens with one attached hydrogen (secondary N) is 2. The van der Waals surface area contributed by atoms with E-state index in [9.17, 15) is 13.2 Å². The zero-order valence-electron chi connectivity index (χ0n) is 20.7. The molecule has 11 heteroatoms. The fourth-order valence-corrected chi connectivity index (χ4v) is 6.12. The van der Waals surface area contributed by atoms with Crippen molar-refractivity contribution in [1.82, 2.24) is 24.2 Å². The Bertz CT molecular complexity index is 1340. The van der Waals surface area contributed by atoms with Crippen molar-refractivity contribution in [3.8, 4) is 5.82 Å². The Morgan fingerprint density at radius 2 is 1.72 bits per heavy atom. The molecule has 36 heavy (non-hydrogen) atoms. The van der Waals surface area contributed by atoms with E-state index in [0.29, 0.717) is 5.95 Å². The van der Waals surface area contributed by atoms with E-state index in [2.05, 4.69) is 48.8 Å². The monoisotopic (exact) mass is 511 g/mol. The molecule has 0 bridgehead atoms. The van der Waals surface area contributed by atoms with Crippen molar-refractivity contribution in [2.45, 2.75) is 44.7 Å². The fourth-order valence-electron chi connectivity index (χ4n) is 5.28. The van der Waals surface area contributed by atoms with E-state index < -0.39 is 10.0 Å². The molecule has 5 rings (SSSR count). The number of aromatic nitrogens is 3. The predicted octanol–water partition coefficient (Wildman–Crippen LogP) is 2.36. The lowest BCUT2D eigenvalue weighted by molar-refractivity contribution is -0.129. The van der Waals surface area contributed by atoms with Crippen LogP contribution in [0.1, 0.15) is 32.6 Å². The van der Waals surface area contributed by atoms with E-state index in [-0.39, 0.29) is 18.0 Å². The number of hydrogen-bond acceptors (Lipinski definition) is 7. The third kappa shape index (κ3) is 5.46. The van der Waals surface area contributed by atoms with Crippen molar-refractivity contribution in [2.75, 3.05) is 42.7 Å². The first kappa shape index (κ1) is 24.5. The molecular weight excluding hydrogens is 478 g/mol. The molecule has 2 aromatic heterocycles. The van der Waals surface area contributed by atoms with E-state index in [4.69, 9.17) is 4.98 Å². The maximum Gasteiger partial charge on any atom is 0.224 e. The van der Waals surface area contributed by atoms with Gasteiger partial charge in [-0.2, -0.15) is 4.98 Å². The van der Waals surface area contributed by atoms with Crippen LogP contribution in [0.5, 0.6) is 0 Å². The van der Waals surface area contributed by atoms with Crippen LogP contribution in [0.15, 0.2) is 42.7 Å². The van der Waals surface area contributed by atoms with Gasteiger partial charge in [-0.25, -0.2) is 18.1 Å². The summed E-state index contributed by atoms with van der Waals surface area (Å²) in [5.74, 6) is 1.49. The first-order valence-electron chi connectivity index (χ1n) is 12.4. The molecule has 0 spiro atoms. The molecule has 0 radical (unpaired) electrons. The zero-order chi connectivity index (χ0) is 25.3. The summed E-state index contributed by atoms with van der Waals surface area (Å²) in [7, 11) is -3.18. The van der Waals surface area contributed by atoms with Gasteiger partial charge in [-0.05, 0) is 49.9 Å². The highest BCUT2D eigenvalue weighted by Gasteiger charge is 2.24. The van der Waals surface area contributed by atoms with Gasteiger partial charge in [0.1, 0.15) is 5.82 Å². The summed E-state index contributed by atoms with van der Waals surface area (Å²) < 4.78 is 27.8. The third-order valence-corrected chi connectivity index (χ3v) is 7.87. The summed E-state index contributed by atoms with van der Waals surface area (Å²) in [5, 5.41) is 4.59. The highest BCUT2D eigenvalue weighted by Crippen LogP contribution is 2.30. The van der Waals surface area contributed by atoms with Gasteiger partial charge in [0.25, 0.3) is 0 Å². The summed E-state index contributed by atoms with van der Waals surface area (Å²) in [6, 6.07) is 10.5. The number of rotatable bonds is 6. The molecule has 1 aromatic carbocycles. The standard InChI is InChI=1S/C25H33N7O3S/c1-18(33)30-14-16-31(17-15-30)22-4-3-5-23-21(22)11-13-32(23)24-10-12-26-25(28-24)27-19-6-8-20(9-7-19)29-36(2,34)35/h3-5,10-13,19-20,29H,6-9,14-17H2,1-2H3,(H,26,27,28)/t19-,20-. The highest BCUT2D eigenvalue weighted by molar-refractivity contribution is 7.88. The molecule has 1 amide bonds. The molecule has 2 N–H and O–H groups in total. The molecule has 1 aliphatic heterocycles. The molecule has 10 nitrogen and oxygen atoms in total. The number of sulfonamides is 1. The lowest BCUT2D eigenvalue weighted by Gasteiger charge is -2.36. The van der Waals surface area contributed by atoms with E-state index in [1.165, 1.54) is 11.9 Å². The number of fused-ring (bicyclic) bond motifs is 1. The predicted molar refractivity (Wildman–Crippen MR) is 141 cm³/mol. The number of carbonyl (C=O) groups excluding carboxylic acids is 1. The highest BCUT2D eigenvalue weighted by atomic mass is 32.2. The molecule has 1 aliphatic carbocycles. The Morgan fingerprint density at radius 1 is 1.00 bits per heavy atom. The summed E-state index contributed by atoms with van der Waals surface area (Å²) in [4.78, 5) is 25.1. The number of carbonyl (C=O) groups is 1. The van der Waals surface area contributed by atoms with Gasteiger partial charge < -0.3 is 19.7 Å². The summed E-state index contributed by atoms with van der Waals surface area (Å²) in [6.45, 7) is 4.72. The number of benzene rings is 1. The largest absolute Gasteiger partial charge is 0.367 e. The molecule has 1 saturated heterocycles. The van der Waals surface area contributed by atoms with Crippen LogP contribution >= 0.6 is 0 Å². The molecule has 3 aromatic rings. The van der Waals surface area contributed by atoms with Gasteiger partial charge >= 0.3 is 0 Å². The van der Waals surface area contributed by atoms with Crippen LogP contribution in [0.2, 0.25) is 0 Å². The SMILES string of the molecule is CC(=O)N1CCN(c2cccc3c2ccn3-c2ccnc(N[C@H]3CC[C@H](NS(C)(=O)=O)CC3)n2)CC1. The molecule has 2 fully saturated rings. The van der Waals surface area contributed by atoms with Crippen LogP contribution in [0.4, 0.5) is 11.6 Å². The van der Waals surface area contributed by atoms with Gasteiger partial charge in [-0.15, -0.1) is 0 Å². The Labute approximate surface area is 211 Å². The lowest BCUT2D eigenvalue weighted by atomic mass is 9.92. The van der Waals surface area contributed by atoms with E-state index >= 15 is 0 Å². The summed E-state index contributed by atoms with van der Waals surface area (Å²) in [5.41, 5.74) is 2.24. The number of anilines is 2. The Kier molecular flexibility index (Phi) is 6.85. The number of nitrogens with zero attached hydrogens (tertiary/aromatic N) is 5. The van der Waals surface area contributed by atoms with E-state index in [1.54, 1.807) is 13.1 Å². The van der Waals surface area contributed by atoms with Gasteiger partial charge in [-0.3, -0.25) is 4.79 Å². The van der Waals surface area contributed by atoms with Crippen molar-refractivity contribution in [1.29, 1.82) is 0 Å². The van der Waals surface area contributed by atoms with E-state index in [1.807, 2.05) is 17.2 Å². The summed E-state index contributed by atoms with van der Waals surface area (Å²) in [6.07, 6.45) is 8.29. The average Bonchev–Trinajstić information content (AvgIpc) is 3.29. The van der Waals surface area contributed by atoms with Crippen molar-refractivity contribution in [3.05, 3.63) is 42.7 Å². The summed E-state index contributed by atoms with van der Waals surface area (Å²) >= 11 is 0. The molecule has 1 saturated carbocycles. The Balaban J connectivity index is 1.30. The van der Waals surface area contributed by atoms with Crippen LogP contribution in [0, 0.1) is 0 Å². The van der Waals surface area contributed by atoms with Crippen molar-refractivity contribution in [2.24, 2.45) is 0 Å². The minimum atomic E-state index is -3.18. The molecule has 2 aliphatic rings. The first-order chi connectivity index (χ1) is 17.3. The smallest absolute Gasteiger partial charge is 0.224 e. The number of piperazine rings is 1. The van der Waals surface area contributed by atoms with Gasteiger partial charge in [0.2, 0.25) is 21.9 Å². The third-order valence-electron chi connectivity index (χ3n) is 7.10. The van der Waals surface area contributed by atoms with Crippen molar-refractivity contribution < 1.29 is 13.2 Å². The maximum atomic E-state index is 11.7. The normalized spacial score (nSPS) is 21.1. The minimum Gasteiger partial charge on any atom is -0.367 e.